The van der Waals surface area contributed by atoms with Crippen LogP contribution in [0.25, 0.3) is 10.2 Å². The minimum atomic E-state index is -2.26. The van der Waals surface area contributed by atoms with Gasteiger partial charge < -0.3 is 9.80 Å². The molecule has 0 spiro atoms. The van der Waals surface area contributed by atoms with Gasteiger partial charge >= 0.3 is 0 Å². The smallest absolute Gasteiger partial charge is 0.264 e. The van der Waals surface area contributed by atoms with Crippen LogP contribution in [0, 0.1) is 6.85 Å². The third kappa shape index (κ3) is 2.92. The standard InChI is InChI=1S/C32H22BN3S/c1-21-19-20-24-30-31(37-32(24)34-21)33-25-15-8-9-16-26(25)35(22-11-4-2-5-12-22)27-17-10-18-28(29(27)33)36(30)23-13-6-3-7-14-23/h2-20H,1H3/i1D3. The predicted molar refractivity (Wildman–Crippen MR) is 158 cm³/mol. The predicted octanol–water partition coefficient (Wildman–Crippen LogP) is 6.69. The van der Waals surface area contributed by atoms with Crippen molar-refractivity contribution < 1.29 is 4.11 Å². The topological polar surface area (TPSA) is 19.4 Å². The van der Waals surface area contributed by atoms with E-state index in [1.807, 2.05) is 18.2 Å². The fraction of sp³-hybridized carbons (Fsp3) is 0.0312. The summed E-state index contributed by atoms with van der Waals surface area (Å²) in [5, 5.41) is 0.968. The van der Waals surface area contributed by atoms with Gasteiger partial charge in [0.15, 0.2) is 0 Å². The quantitative estimate of drug-likeness (QED) is 0.250. The van der Waals surface area contributed by atoms with Gasteiger partial charge in [0.1, 0.15) is 4.83 Å². The SMILES string of the molecule is [2H]C([2H])([2H])c1ccc2c3c(sc2n1)B1c2ccccc2N(c2ccccc2)c2cccc(c21)N3c1ccccc1. The lowest BCUT2D eigenvalue weighted by molar-refractivity contribution is 1.25. The molecule has 8 rings (SSSR count). The molecule has 2 aliphatic heterocycles. The van der Waals surface area contributed by atoms with Crippen LogP contribution in [0.1, 0.15) is 9.81 Å². The molecule has 0 radical (unpaired) electrons. The maximum atomic E-state index is 7.96. The van der Waals surface area contributed by atoms with Crippen molar-refractivity contribution in [1.82, 2.24) is 4.98 Å². The van der Waals surface area contributed by atoms with Gasteiger partial charge in [0.05, 0.1) is 5.69 Å². The average molecular weight is 494 g/mol. The van der Waals surface area contributed by atoms with E-state index in [0.717, 1.165) is 44.3 Å². The Morgan fingerprint density at radius 3 is 2.08 bits per heavy atom. The summed E-state index contributed by atoms with van der Waals surface area (Å²) in [4.78, 5) is 10.1. The van der Waals surface area contributed by atoms with Gasteiger partial charge in [-0.05, 0) is 72.4 Å². The number of rotatable bonds is 2. The molecule has 0 bridgehead atoms. The second-order valence-electron chi connectivity index (χ2n) is 9.41. The van der Waals surface area contributed by atoms with Gasteiger partial charge in [0, 0.05) is 48.4 Å². The number of fused-ring (bicyclic) bond motifs is 6. The second-order valence-corrected chi connectivity index (χ2v) is 10.4. The van der Waals surface area contributed by atoms with E-state index in [0.29, 0.717) is 0 Å². The molecule has 0 fully saturated rings. The first-order chi connectivity index (χ1) is 19.5. The number of hydrogen-bond acceptors (Lipinski definition) is 4. The molecule has 2 aromatic heterocycles. The van der Waals surface area contributed by atoms with Gasteiger partial charge in [-0.1, -0.05) is 60.7 Å². The monoisotopic (exact) mass is 494 g/mol. The molecule has 0 saturated heterocycles. The number of benzene rings is 4. The number of anilines is 6. The number of para-hydroxylation sites is 3. The van der Waals surface area contributed by atoms with Gasteiger partial charge in [-0.3, -0.25) is 0 Å². The first-order valence-corrected chi connectivity index (χ1v) is 13.2. The van der Waals surface area contributed by atoms with E-state index in [-0.39, 0.29) is 12.4 Å². The van der Waals surface area contributed by atoms with Crippen molar-refractivity contribution in [3.63, 3.8) is 0 Å². The zero-order valence-electron chi connectivity index (χ0n) is 22.8. The number of aryl methyl sites for hydroxylation is 1. The molecule has 174 valence electrons. The summed E-state index contributed by atoms with van der Waals surface area (Å²) in [6.45, 7) is -2.27. The molecule has 3 nitrogen and oxygen atoms in total. The van der Waals surface area contributed by atoms with Crippen LogP contribution in [0.2, 0.25) is 0 Å². The van der Waals surface area contributed by atoms with Crippen molar-refractivity contribution in [1.29, 1.82) is 0 Å². The molecule has 37 heavy (non-hydrogen) atoms. The Labute approximate surface area is 224 Å². The van der Waals surface area contributed by atoms with Crippen molar-refractivity contribution >= 4 is 78.1 Å². The highest BCUT2D eigenvalue weighted by Gasteiger charge is 2.44. The summed E-state index contributed by atoms with van der Waals surface area (Å²) >= 11 is 1.61. The zero-order valence-corrected chi connectivity index (χ0v) is 20.6. The third-order valence-electron chi connectivity index (χ3n) is 7.39. The third-order valence-corrected chi connectivity index (χ3v) is 8.54. The summed E-state index contributed by atoms with van der Waals surface area (Å²) < 4.78 is 25.1. The van der Waals surface area contributed by atoms with E-state index in [2.05, 4.69) is 106 Å². The van der Waals surface area contributed by atoms with Crippen molar-refractivity contribution in [3.05, 3.63) is 121 Å². The lowest BCUT2D eigenvalue weighted by Gasteiger charge is -2.42. The van der Waals surface area contributed by atoms with Gasteiger partial charge in [0.2, 0.25) is 0 Å². The van der Waals surface area contributed by atoms with Crippen molar-refractivity contribution in [2.24, 2.45) is 0 Å². The fourth-order valence-corrected chi connectivity index (χ4v) is 7.24. The van der Waals surface area contributed by atoms with Gasteiger partial charge in [0.25, 0.3) is 6.71 Å². The van der Waals surface area contributed by atoms with E-state index < -0.39 is 6.85 Å². The molecule has 2 aliphatic rings. The molecule has 4 heterocycles. The van der Waals surface area contributed by atoms with Crippen molar-refractivity contribution in [2.75, 3.05) is 9.80 Å². The molecule has 0 atom stereocenters. The number of nitrogens with zero attached hydrogens (tertiary/aromatic N) is 3. The Kier molecular flexibility index (Phi) is 3.80. The zero-order chi connectivity index (χ0) is 27.0. The average Bonchev–Trinajstić information content (AvgIpc) is 3.36. The number of hydrogen-bond donors (Lipinski definition) is 0. The van der Waals surface area contributed by atoms with E-state index in [1.165, 1.54) is 15.7 Å². The molecule has 0 N–H and O–H groups in total. The maximum Gasteiger partial charge on any atom is 0.264 e. The van der Waals surface area contributed by atoms with Crippen LogP contribution in [0.5, 0.6) is 0 Å². The summed E-state index contributed by atoms with van der Waals surface area (Å²) in [5.74, 6) is 0. The summed E-state index contributed by atoms with van der Waals surface area (Å²) in [6, 6.07) is 39.7. The van der Waals surface area contributed by atoms with E-state index in [1.54, 1.807) is 17.4 Å². The van der Waals surface area contributed by atoms with Crippen LogP contribution in [0.3, 0.4) is 0 Å². The van der Waals surface area contributed by atoms with Crippen molar-refractivity contribution in [2.45, 2.75) is 6.85 Å². The van der Waals surface area contributed by atoms with E-state index >= 15 is 0 Å². The van der Waals surface area contributed by atoms with Gasteiger partial charge in [-0.2, -0.15) is 0 Å². The molecule has 6 aromatic rings. The minimum Gasteiger partial charge on any atom is -0.311 e. The van der Waals surface area contributed by atoms with E-state index in [4.69, 9.17) is 4.11 Å². The highest BCUT2D eigenvalue weighted by atomic mass is 32.1. The Bertz CT molecular complexity index is 1920. The Balaban J connectivity index is 1.48. The molecule has 0 amide bonds. The van der Waals surface area contributed by atoms with Crippen LogP contribution in [-0.2, 0) is 0 Å². The highest BCUT2D eigenvalue weighted by molar-refractivity contribution is 7.33. The molecule has 0 aliphatic carbocycles. The lowest BCUT2D eigenvalue weighted by Crippen LogP contribution is -2.60. The van der Waals surface area contributed by atoms with Gasteiger partial charge in [-0.15, -0.1) is 11.3 Å². The number of aromatic nitrogens is 1. The Morgan fingerprint density at radius 2 is 1.32 bits per heavy atom. The summed E-state index contributed by atoms with van der Waals surface area (Å²) in [6.07, 6.45) is 0. The highest BCUT2D eigenvalue weighted by Crippen LogP contribution is 2.46. The Hall–Kier alpha value is -4.35. The number of pyridine rings is 1. The molecule has 4 aromatic carbocycles. The van der Waals surface area contributed by atoms with Crippen molar-refractivity contribution in [3.8, 4) is 0 Å². The maximum absolute atomic E-state index is 7.96. The molecule has 0 saturated carbocycles. The fourth-order valence-electron chi connectivity index (χ4n) is 5.95. The minimum absolute atomic E-state index is 0.00673. The largest absolute Gasteiger partial charge is 0.311 e. The van der Waals surface area contributed by atoms with Crippen LogP contribution in [0.15, 0.2) is 115 Å². The summed E-state index contributed by atoms with van der Waals surface area (Å²) in [7, 11) is 0. The van der Waals surface area contributed by atoms with Crippen LogP contribution in [-0.4, -0.2) is 11.7 Å². The molecule has 5 heteroatoms. The first kappa shape index (κ1) is 18.0. The normalized spacial score (nSPS) is 14.9. The molecular weight excluding hydrogens is 469 g/mol. The van der Waals surface area contributed by atoms with Crippen LogP contribution in [0.4, 0.5) is 34.1 Å². The van der Waals surface area contributed by atoms with E-state index in [9.17, 15) is 0 Å². The second kappa shape index (κ2) is 7.83. The summed E-state index contributed by atoms with van der Waals surface area (Å²) in [5.41, 5.74) is 9.25. The Morgan fingerprint density at radius 1 is 0.676 bits per heavy atom. The molecule has 0 unspecified atom stereocenters. The first-order valence-electron chi connectivity index (χ1n) is 13.9. The van der Waals surface area contributed by atoms with Gasteiger partial charge in [-0.25, -0.2) is 4.98 Å². The van der Waals surface area contributed by atoms with Crippen LogP contribution >= 0.6 is 11.3 Å². The van der Waals surface area contributed by atoms with Crippen LogP contribution < -0.4 is 25.5 Å². The lowest BCUT2D eigenvalue weighted by atomic mass is 9.36. The number of thiophene rings is 1. The molecular formula is C32H22BN3S.